The third-order valence-corrected chi connectivity index (χ3v) is 7.09. The Bertz CT molecular complexity index is 871. The summed E-state index contributed by atoms with van der Waals surface area (Å²) in [5.74, 6) is 0. The van der Waals surface area contributed by atoms with Crippen LogP contribution in [-0.2, 0) is 19.4 Å². The fourth-order valence-electron chi connectivity index (χ4n) is 5.12. The fraction of sp³-hybridized carbons (Fsp3) is 0.379. The maximum absolute atomic E-state index is 2.68. The zero-order chi connectivity index (χ0) is 22.3. The molecule has 3 nitrogen and oxygen atoms in total. The molecule has 0 aromatic heterocycles. The Hall–Kier alpha value is -2.46. The van der Waals surface area contributed by atoms with Gasteiger partial charge in [0, 0.05) is 19.6 Å². The average Bonchev–Trinajstić information content (AvgIpc) is 2.84. The molecule has 4 rings (SSSR count). The normalized spacial score (nSPS) is 22.8. The van der Waals surface area contributed by atoms with Crippen LogP contribution >= 0.6 is 0 Å². The van der Waals surface area contributed by atoms with Crippen LogP contribution in [0.2, 0.25) is 0 Å². The second-order valence-corrected chi connectivity index (χ2v) is 9.00. The lowest BCUT2D eigenvalue weighted by molar-refractivity contribution is -0.159. The lowest BCUT2D eigenvalue weighted by atomic mass is 10.1. The van der Waals surface area contributed by atoms with E-state index in [0.29, 0.717) is 18.5 Å². The first kappa shape index (κ1) is 22.7. The van der Waals surface area contributed by atoms with Gasteiger partial charge in [0.2, 0.25) is 0 Å². The van der Waals surface area contributed by atoms with E-state index in [-0.39, 0.29) is 0 Å². The second-order valence-electron chi connectivity index (χ2n) is 9.00. The van der Waals surface area contributed by atoms with Crippen LogP contribution in [-0.4, -0.2) is 46.3 Å². The number of rotatable bonds is 8. The number of hydrogen-bond donors (Lipinski definition) is 0. The van der Waals surface area contributed by atoms with Crippen molar-refractivity contribution >= 4 is 0 Å². The SMILES string of the molecule is CC1N(CCc2ccccc2)C(C)N(Cc2ccccc2)C(C)N1CCc1ccccc1. The summed E-state index contributed by atoms with van der Waals surface area (Å²) in [7, 11) is 0. The van der Waals surface area contributed by atoms with Crippen molar-refractivity contribution in [2.24, 2.45) is 0 Å². The Kier molecular flexibility index (Phi) is 7.75. The van der Waals surface area contributed by atoms with Gasteiger partial charge >= 0.3 is 0 Å². The van der Waals surface area contributed by atoms with Crippen molar-refractivity contribution in [1.29, 1.82) is 0 Å². The van der Waals surface area contributed by atoms with E-state index in [0.717, 1.165) is 32.5 Å². The molecule has 0 amide bonds. The number of nitrogens with zero attached hydrogens (tertiary/aromatic N) is 3. The molecular weight excluding hydrogens is 390 g/mol. The van der Waals surface area contributed by atoms with Gasteiger partial charge in [0.1, 0.15) is 0 Å². The molecule has 0 bridgehead atoms. The fourth-order valence-corrected chi connectivity index (χ4v) is 5.12. The Labute approximate surface area is 194 Å². The summed E-state index contributed by atoms with van der Waals surface area (Å²) in [6.45, 7) is 10.3. The van der Waals surface area contributed by atoms with E-state index in [1.54, 1.807) is 0 Å². The van der Waals surface area contributed by atoms with Crippen LogP contribution in [0.25, 0.3) is 0 Å². The van der Waals surface area contributed by atoms with Crippen LogP contribution in [0, 0.1) is 0 Å². The van der Waals surface area contributed by atoms with Crippen LogP contribution in [0.4, 0.5) is 0 Å². The Morgan fingerprint density at radius 3 is 1.22 bits per heavy atom. The van der Waals surface area contributed by atoms with E-state index in [2.05, 4.69) is 126 Å². The molecule has 32 heavy (non-hydrogen) atoms. The molecule has 1 aliphatic heterocycles. The summed E-state index contributed by atoms with van der Waals surface area (Å²) in [4.78, 5) is 8.02. The maximum atomic E-state index is 2.68. The molecule has 0 N–H and O–H groups in total. The van der Waals surface area contributed by atoms with Crippen molar-refractivity contribution in [2.75, 3.05) is 13.1 Å². The van der Waals surface area contributed by atoms with Crippen LogP contribution in [0.3, 0.4) is 0 Å². The summed E-state index contributed by atoms with van der Waals surface area (Å²) in [6, 6.07) is 32.7. The molecule has 3 aromatic rings. The summed E-state index contributed by atoms with van der Waals surface area (Å²) < 4.78 is 0. The van der Waals surface area contributed by atoms with Crippen LogP contribution in [0.5, 0.6) is 0 Å². The van der Waals surface area contributed by atoms with Gasteiger partial charge in [0.15, 0.2) is 0 Å². The molecule has 2 unspecified atom stereocenters. The third-order valence-electron chi connectivity index (χ3n) is 7.09. The monoisotopic (exact) mass is 427 g/mol. The Balaban J connectivity index is 1.53. The summed E-state index contributed by atoms with van der Waals surface area (Å²) in [5, 5.41) is 0. The third kappa shape index (κ3) is 5.47. The van der Waals surface area contributed by atoms with Crippen molar-refractivity contribution in [2.45, 2.75) is 58.7 Å². The van der Waals surface area contributed by atoms with Gasteiger partial charge in [0.25, 0.3) is 0 Å². The average molecular weight is 428 g/mol. The Morgan fingerprint density at radius 2 is 0.812 bits per heavy atom. The highest BCUT2D eigenvalue weighted by atomic mass is 15.6. The van der Waals surface area contributed by atoms with Gasteiger partial charge in [-0.2, -0.15) is 0 Å². The highest BCUT2D eigenvalue weighted by Crippen LogP contribution is 2.28. The number of hydrogen-bond acceptors (Lipinski definition) is 3. The topological polar surface area (TPSA) is 9.72 Å². The molecule has 0 spiro atoms. The highest BCUT2D eigenvalue weighted by Gasteiger charge is 2.39. The molecule has 1 aliphatic rings. The lowest BCUT2D eigenvalue weighted by Crippen LogP contribution is -2.68. The zero-order valence-electron chi connectivity index (χ0n) is 19.8. The molecule has 3 heteroatoms. The molecule has 1 fully saturated rings. The summed E-state index contributed by atoms with van der Waals surface area (Å²) in [5.41, 5.74) is 4.21. The first-order valence-corrected chi connectivity index (χ1v) is 12.0. The highest BCUT2D eigenvalue weighted by molar-refractivity contribution is 5.17. The molecule has 0 saturated carbocycles. The predicted molar refractivity (Wildman–Crippen MR) is 134 cm³/mol. The van der Waals surface area contributed by atoms with E-state index in [9.17, 15) is 0 Å². The minimum atomic E-state index is 0.386. The van der Waals surface area contributed by atoms with E-state index in [1.807, 2.05) is 0 Å². The van der Waals surface area contributed by atoms with Gasteiger partial charge in [-0.1, -0.05) is 91.0 Å². The van der Waals surface area contributed by atoms with E-state index < -0.39 is 0 Å². The first-order chi connectivity index (χ1) is 15.6. The van der Waals surface area contributed by atoms with Gasteiger partial charge in [-0.25, -0.2) is 0 Å². The second kappa shape index (κ2) is 10.9. The van der Waals surface area contributed by atoms with Gasteiger partial charge in [-0.3, -0.25) is 14.7 Å². The van der Waals surface area contributed by atoms with Crippen molar-refractivity contribution in [3.63, 3.8) is 0 Å². The number of benzene rings is 3. The van der Waals surface area contributed by atoms with E-state index >= 15 is 0 Å². The van der Waals surface area contributed by atoms with Crippen LogP contribution in [0.1, 0.15) is 37.5 Å². The quantitative estimate of drug-likeness (QED) is 0.461. The molecular formula is C29H37N3. The van der Waals surface area contributed by atoms with Gasteiger partial charge < -0.3 is 0 Å². The maximum Gasteiger partial charge on any atom is 0.0623 e. The van der Waals surface area contributed by atoms with E-state index in [1.165, 1.54) is 16.7 Å². The van der Waals surface area contributed by atoms with Crippen LogP contribution < -0.4 is 0 Å². The molecule has 0 radical (unpaired) electrons. The van der Waals surface area contributed by atoms with Crippen LogP contribution in [0.15, 0.2) is 91.0 Å². The zero-order valence-corrected chi connectivity index (χ0v) is 19.8. The molecule has 3 aromatic carbocycles. The minimum absolute atomic E-state index is 0.386. The predicted octanol–water partition coefficient (Wildman–Crippen LogP) is 5.63. The van der Waals surface area contributed by atoms with Crippen molar-refractivity contribution in [3.05, 3.63) is 108 Å². The van der Waals surface area contributed by atoms with E-state index in [4.69, 9.17) is 0 Å². The lowest BCUT2D eigenvalue weighted by Gasteiger charge is -2.55. The molecule has 2 atom stereocenters. The first-order valence-electron chi connectivity index (χ1n) is 12.0. The smallest absolute Gasteiger partial charge is 0.0623 e. The summed E-state index contributed by atoms with van der Waals surface area (Å²) in [6.07, 6.45) is 3.33. The van der Waals surface area contributed by atoms with Crippen molar-refractivity contribution < 1.29 is 0 Å². The van der Waals surface area contributed by atoms with Gasteiger partial charge in [0.05, 0.1) is 18.5 Å². The van der Waals surface area contributed by atoms with Crippen molar-refractivity contribution in [3.8, 4) is 0 Å². The van der Waals surface area contributed by atoms with Gasteiger partial charge in [-0.15, -0.1) is 0 Å². The largest absolute Gasteiger partial charge is 0.272 e. The standard InChI is InChI=1S/C29H37N3/c1-24-30(21-19-27-13-7-4-8-14-27)25(2)32(23-29-17-11-6-12-18-29)26(3)31(24)22-20-28-15-9-5-10-16-28/h4-18,24-26H,19-23H2,1-3H3. The molecule has 1 saturated heterocycles. The Morgan fingerprint density at radius 1 is 0.469 bits per heavy atom. The summed E-state index contributed by atoms with van der Waals surface area (Å²) >= 11 is 0. The minimum Gasteiger partial charge on any atom is -0.272 e. The van der Waals surface area contributed by atoms with Gasteiger partial charge in [-0.05, 0) is 50.3 Å². The van der Waals surface area contributed by atoms with Crippen molar-refractivity contribution in [1.82, 2.24) is 14.7 Å². The molecule has 1 heterocycles. The molecule has 168 valence electrons. The molecule has 0 aliphatic carbocycles.